The van der Waals surface area contributed by atoms with Crippen molar-refractivity contribution in [3.05, 3.63) is 54.2 Å². The van der Waals surface area contributed by atoms with E-state index in [2.05, 4.69) is 10.3 Å². The van der Waals surface area contributed by atoms with Gasteiger partial charge < -0.3 is 14.6 Å². The largest absolute Gasteiger partial charge is 0.472 e. The lowest BCUT2D eigenvalue weighted by molar-refractivity contribution is -0.126. The molecule has 1 unspecified atom stereocenters. The van der Waals surface area contributed by atoms with Crippen molar-refractivity contribution in [3.8, 4) is 0 Å². The summed E-state index contributed by atoms with van der Waals surface area (Å²) < 4.78 is 4.97. The van der Waals surface area contributed by atoms with Crippen molar-refractivity contribution in [3.63, 3.8) is 0 Å². The van der Waals surface area contributed by atoms with E-state index in [1.54, 1.807) is 17.2 Å². The number of piperidine rings is 1. The Morgan fingerprint density at radius 3 is 2.96 bits per heavy atom. The molecule has 6 heteroatoms. The third kappa shape index (κ3) is 3.59. The van der Waals surface area contributed by atoms with Crippen LogP contribution in [0.5, 0.6) is 0 Å². The van der Waals surface area contributed by atoms with E-state index in [1.165, 1.54) is 12.5 Å². The van der Waals surface area contributed by atoms with Crippen molar-refractivity contribution in [2.75, 3.05) is 6.54 Å². The van der Waals surface area contributed by atoms with E-state index < -0.39 is 6.04 Å². The van der Waals surface area contributed by atoms with Gasteiger partial charge in [0.25, 0.3) is 5.91 Å². The van der Waals surface area contributed by atoms with Crippen LogP contribution in [0.2, 0.25) is 0 Å². The molecule has 120 valence electrons. The van der Waals surface area contributed by atoms with Gasteiger partial charge in [-0.3, -0.25) is 14.6 Å². The summed E-state index contributed by atoms with van der Waals surface area (Å²) in [7, 11) is 0. The molecule has 1 saturated heterocycles. The number of carbonyl (C=O) groups is 2. The molecule has 1 fully saturated rings. The number of likely N-dealkylation sites (tertiary alicyclic amines) is 1. The van der Waals surface area contributed by atoms with Crippen molar-refractivity contribution in [1.82, 2.24) is 15.2 Å². The Labute approximate surface area is 134 Å². The number of rotatable bonds is 4. The molecule has 0 radical (unpaired) electrons. The van der Waals surface area contributed by atoms with Crippen LogP contribution in [-0.2, 0) is 11.3 Å². The molecule has 23 heavy (non-hydrogen) atoms. The predicted octanol–water partition coefficient (Wildman–Crippen LogP) is 1.99. The predicted molar refractivity (Wildman–Crippen MR) is 83.5 cm³/mol. The van der Waals surface area contributed by atoms with Crippen LogP contribution in [0, 0.1) is 0 Å². The molecule has 0 spiro atoms. The Hall–Kier alpha value is -2.63. The maximum Gasteiger partial charge on any atom is 0.257 e. The fourth-order valence-corrected chi connectivity index (χ4v) is 2.80. The average molecular weight is 313 g/mol. The summed E-state index contributed by atoms with van der Waals surface area (Å²) in [6.07, 6.45) is 7.10. The number of carbonyl (C=O) groups excluding carboxylic acids is 2. The molecule has 3 rings (SSSR count). The first kappa shape index (κ1) is 15.3. The van der Waals surface area contributed by atoms with Crippen LogP contribution >= 0.6 is 0 Å². The number of nitrogens with one attached hydrogen (secondary N) is 1. The maximum atomic E-state index is 12.5. The van der Waals surface area contributed by atoms with Crippen LogP contribution in [0.3, 0.4) is 0 Å². The topological polar surface area (TPSA) is 75.4 Å². The van der Waals surface area contributed by atoms with Crippen molar-refractivity contribution in [1.29, 1.82) is 0 Å². The highest BCUT2D eigenvalue weighted by molar-refractivity contribution is 5.97. The zero-order valence-corrected chi connectivity index (χ0v) is 12.8. The Kier molecular flexibility index (Phi) is 4.71. The summed E-state index contributed by atoms with van der Waals surface area (Å²) in [5.74, 6) is -0.288. The van der Waals surface area contributed by atoms with Gasteiger partial charge in [-0.1, -0.05) is 6.07 Å². The normalized spacial score (nSPS) is 17.7. The summed E-state index contributed by atoms with van der Waals surface area (Å²) in [6.45, 7) is 0.954. The fourth-order valence-electron chi connectivity index (χ4n) is 2.80. The molecule has 0 aromatic carbocycles. The Balaban J connectivity index is 1.66. The first-order chi connectivity index (χ1) is 11.3. The molecule has 1 aliphatic heterocycles. The van der Waals surface area contributed by atoms with E-state index in [-0.39, 0.29) is 11.8 Å². The number of nitrogens with zero attached hydrogens (tertiary/aromatic N) is 2. The average Bonchev–Trinajstić information content (AvgIpc) is 3.14. The minimum absolute atomic E-state index is 0.132. The second-order valence-corrected chi connectivity index (χ2v) is 5.56. The fraction of sp³-hybridized carbons (Fsp3) is 0.353. The van der Waals surface area contributed by atoms with E-state index in [0.29, 0.717) is 25.1 Å². The third-order valence-electron chi connectivity index (χ3n) is 4.00. The number of amides is 2. The van der Waals surface area contributed by atoms with Gasteiger partial charge in [0.05, 0.1) is 24.1 Å². The van der Waals surface area contributed by atoms with Gasteiger partial charge in [-0.25, -0.2) is 0 Å². The van der Waals surface area contributed by atoms with E-state index in [1.807, 2.05) is 18.2 Å². The molecule has 0 bridgehead atoms. The van der Waals surface area contributed by atoms with Gasteiger partial charge in [0.1, 0.15) is 12.3 Å². The van der Waals surface area contributed by atoms with Gasteiger partial charge in [0.2, 0.25) is 5.91 Å². The molecule has 1 N–H and O–H groups in total. The molecule has 2 amide bonds. The lowest BCUT2D eigenvalue weighted by Crippen LogP contribution is -2.51. The van der Waals surface area contributed by atoms with Crippen LogP contribution in [0.15, 0.2) is 47.4 Å². The van der Waals surface area contributed by atoms with Crippen LogP contribution in [-0.4, -0.2) is 34.3 Å². The van der Waals surface area contributed by atoms with Gasteiger partial charge in [-0.05, 0) is 37.5 Å². The second-order valence-electron chi connectivity index (χ2n) is 5.56. The highest BCUT2D eigenvalue weighted by Gasteiger charge is 2.32. The van der Waals surface area contributed by atoms with E-state index in [4.69, 9.17) is 4.42 Å². The maximum absolute atomic E-state index is 12.5. The summed E-state index contributed by atoms with van der Waals surface area (Å²) in [5, 5.41) is 2.88. The smallest absolute Gasteiger partial charge is 0.257 e. The Bertz CT molecular complexity index is 655. The van der Waals surface area contributed by atoms with Crippen LogP contribution in [0.1, 0.15) is 35.3 Å². The van der Waals surface area contributed by atoms with E-state index in [9.17, 15) is 9.59 Å². The van der Waals surface area contributed by atoms with Gasteiger partial charge in [-0.2, -0.15) is 0 Å². The molecule has 0 saturated carbocycles. The third-order valence-corrected chi connectivity index (χ3v) is 4.00. The minimum Gasteiger partial charge on any atom is -0.472 e. The molecular formula is C17H19N3O3. The SMILES string of the molecule is O=C(NCc1ccccn1)C1CCCCN1C(=O)c1ccoc1. The summed E-state index contributed by atoms with van der Waals surface area (Å²) >= 11 is 0. The van der Waals surface area contributed by atoms with Crippen molar-refractivity contribution in [2.24, 2.45) is 0 Å². The number of furan rings is 1. The van der Waals surface area contributed by atoms with Crippen LogP contribution < -0.4 is 5.32 Å². The van der Waals surface area contributed by atoms with Gasteiger partial charge in [-0.15, -0.1) is 0 Å². The molecule has 0 aliphatic carbocycles. The van der Waals surface area contributed by atoms with Crippen LogP contribution in [0.25, 0.3) is 0 Å². The number of hydrogen-bond donors (Lipinski definition) is 1. The molecule has 1 aliphatic rings. The minimum atomic E-state index is -0.435. The number of aromatic nitrogens is 1. The standard InChI is InChI=1S/C17H19N3O3/c21-16(19-11-14-5-1-3-8-18-14)15-6-2-4-9-20(15)17(22)13-7-10-23-12-13/h1,3,5,7-8,10,12,15H,2,4,6,9,11H2,(H,19,21). The zero-order valence-electron chi connectivity index (χ0n) is 12.8. The first-order valence-electron chi connectivity index (χ1n) is 7.76. The molecule has 1 atom stereocenters. The van der Waals surface area contributed by atoms with Crippen molar-refractivity contribution < 1.29 is 14.0 Å². The Morgan fingerprint density at radius 2 is 2.22 bits per heavy atom. The van der Waals surface area contributed by atoms with Crippen molar-refractivity contribution >= 4 is 11.8 Å². The number of hydrogen-bond acceptors (Lipinski definition) is 4. The molecule has 2 aromatic rings. The van der Waals surface area contributed by atoms with E-state index in [0.717, 1.165) is 18.5 Å². The molecule has 3 heterocycles. The monoisotopic (exact) mass is 313 g/mol. The number of pyridine rings is 1. The first-order valence-corrected chi connectivity index (χ1v) is 7.76. The highest BCUT2D eigenvalue weighted by atomic mass is 16.3. The summed E-state index contributed by atoms with van der Waals surface area (Å²) in [6, 6.07) is 6.76. The second kappa shape index (κ2) is 7.09. The van der Waals surface area contributed by atoms with Gasteiger partial charge in [0.15, 0.2) is 0 Å². The van der Waals surface area contributed by atoms with Crippen molar-refractivity contribution in [2.45, 2.75) is 31.8 Å². The Morgan fingerprint density at radius 1 is 1.30 bits per heavy atom. The summed E-state index contributed by atoms with van der Waals surface area (Å²) in [5.41, 5.74) is 1.28. The van der Waals surface area contributed by atoms with Gasteiger partial charge >= 0.3 is 0 Å². The van der Waals surface area contributed by atoms with Gasteiger partial charge in [0, 0.05) is 12.7 Å². The molecule has 2 aromatic heterocycles. The summed E-state index contributed by atoms with van der Waals surface area (Å²) in [4.78, 5) is 30.8. The zero-order chi connectivity index (χ0) is 16.1. The highest BCUT2D eigenvalue weighted by Crippen LogP contribution is 2.20. The lowest BCUT2D eigenvalue weighted by Gasteiger charge is -2.34. The molecule has 6 nitrogen and oxygen atoms in total. The van der Waals surface area contributed by atoms with Crippen LogP contribution in [0.4, 0.5) is 0 Å². The quantitative estimate of drug-likeness (QED) is 0.936. The van der Waals surface area contributed by atoms with E-state index >= 15 is 0 Å². The molecular weight excluding hydrogens is 294 g/mol. The lowest BCUT2D eigenvalue weighted by atomic mass is 10.0.